The number of thiazole rings is 1. The van der Waals surface area contributed by atoms with E-state index in [4.69, 9.17) is 0 Å². The number of halogens is 3. The Morgan fingerprint density at radius 3 is 2.38 bits per heavy atom. The molecule has 0 aliphatic heterocycles. The van der Waals surface area contributed by atoms with Crippen molar-refractivity contribution in [2.45, 2.75) is 13.5 Å². The average molecular weight is 378 g/mol. The van der Waals surface area contributed by atoms with Gasteiger partial charge in [-0.05, 0) is 55.5 Å². The van der Waals surface area contributed by atoms with Crippen LogP contribution in [0.15, 0.2) is 48.5 Å². The molecule has 3 rings (SSSR count). The summed E-state index contributed by atoms with van der Waals surface area (Å²) < 4.78 is 41.6. The molecule has 2 aromatic carbocycles. The van der Waals surface area contributed by atoms with Gasteiger partial charge in [-0.15, -0.1) is 11.3 Å². The lowest BCUT2D eigenvalue weighted by Gasteiger charge is -2.05. The van der Waals surface area contributed by atoms with Crippen LogP contribution in [0.25, 0.3) is 11.3 Å². The molecule has 26 heavy (non-hydrogen) atoms. The van der Waals surface area contributed by atoms with Crippen LogP contribution in [0.4, 0.5) is 18.3 Å². The van der Waals surface area contributed by atoms with Crippen LogP contribution in [0.3, 0.4) is 0 Å². The molecule has 0 saturated carbocycles. The highest BCUT2D eigenvalue weighted by Crippen LogP contribution is 2.30. The third-order valence-corrected chi connectivity index (χ3v) is 4.36. The highest BCUT2D eigenvalue weighted by Gasteiger charge is 2.14. The van der Waals surface area contributed by atoms with E-state index < -0.39 is 12.5 Å². The lowest BCUT2D eigenvalue weighted by molar-refractivity contribution is -0.0498. The summed E-state index contributed by atoms with van der Waals surface area (Å²) in [6.07, 6.45) is 0. The maximum atomic E-state index is 13.0. The molecule has 1 amide bonds. The van der Waals surface area contributed by atoms with Gasteiger partial charge in [-0.3, -0.25) is 10.1 Å². The lowest BCUT2D eigenvalue weighted by atomic mass is 10.1. The summed E-state index contributed by atoms with van der Waals surface area (Å²) in [6.45, 7) is -1.07. The summed E-state index contributed by atoms with van der Waals surface area (Å²) >= 11 is 1.29. The maximum absolute atomic E-state index is 13.0. The Morgan fingerprint density at radius 2 is 1.77 bits per heavy atom. The van der Waals surface area contributed by atoms with E-state index in [0.29, 0.717) is 10.8 Å². The summed E-state index contributed by atoms with van der Waals surface area (Å²) in [5.74, 6) is -0.789. The first kappa shape index (κ1) is 17.9. The molecule has 0 atom stereocenters. The Bertz CT molecular complexity index is 909. The fraction of sp³-hybridized carbons (Fsp3) is 0.111. The van der Waals surface area contributed by atoms with Gasteiger partial charge < -0.3 is 4.74 Å². The minimum Gasteiger partial charge on any atom is -0.435 e. The first-order chi connectivity index (χ1) is 12.4. The van der Waals surface area contributed by atoms with Crippen LogP contribution >= 0.6 is 11.3 Å². The minimum absolute atomic E-state index is 0.0276. The third kappa shape index (κ3) is 4.20. The van der Waals surface area contributed by atoms with Gasteiger partial charge in [0.25, 0.3) is 5.91 Å². The molecule has 3 aromatic rings. The molecule has 0 bridgehead atoms. The molecule has 1 N–H and O–H groups in total. The Labute approximate surface area is 151 Å². The number of carbonyl (C=O) groups is 1. The van der Waals surface area contributed by atoms with Gasteiger partial charge in [0.15, 0.2) is 5.13 Å². The molecular formula is C18H13F3N2O2S. The summed E-state index contributed by atoms with van der Waals surface area (Å²) in [4.78, 5) is 17.5. The number of ether oxygens (including phenoxy) is 1. The second-order valence-electron chi connectivity index (χ2n) is 5.29. The van der Waals surface area contributed by atoms with Crippen molar-refractivity contribution in [1.82, 2.24) is 4.98 Å². The number of nitrogens with one attached hydrogen (secondary N) is 1. The van der Waals surface area contributed by atoms with E-state index in [2.05, 4.69) is 15.0 Å². The standard InChI is InChI=1S/C18H13F3N2O2S/c1-10-15(11-2-6-13(19)7-3-11)22-18(26-10)23-16(24)12-4-8-14(9-5-12)25-17(20)21/h2-9,17H,1H3,(H,22,23,24). The molecule has 0 fully saturated rings. The SMILES string of the molecule is Cc1sc(NC(=O)c2ccc(OC(F)F)cc2)nc1-c1ccc(F)cc1. The molecular weight excluding hydrogens is 365 g/mol. The first-order valence-electron chi connectivity index (χ1n) is 7.52. The number of nitrogens with zero attached hydrogens (tertiary/aromatic N) is 1. The van der Waals surface area contributed by atoms with Gasteiger partial charge in [-0.25, -0.2) is 9.37 Å². The van der Waals surface area contributed by atoms with Crippen LogP contribution < -0.4 is 10.1 Å². The van der Waals surface area contributed by atoms with E-state index in [1.165, 1.54) is 47.7 Å². The molecule has 1 aromatic heterocycles. The van der Waals surface area contributed by atoms with E-state index in [1.807, 2.05) is 6.92 Å². The molecule has 0 unspecified atom stereocenters. The molecule has 0 spiro atoms. The van der Waals surface area contributed by atoms with E-state index >= 15 is 0 Å². The van der Waals surface area contributed by atoms with Crippen molar-refractivity contribution in [3.63, 3.8) is 0 Å². The minimum atomic E-state index is -2.92. The Morgan fingerprint density at radius 1 is 1.12 bits per heavy atom. The number of carbonyl (C=O) groups excluding carboxylic acids is 1. The average Bonchev–Trinajstić information content (AvgIpc) is 2.96. The zero-order chi connectivity index (χ0) is 18.7. The quantitative estimate of drug-likeness (QED) is 0.671. The van der Waals surface area contributed by atoms with Crippen molar-refractivity contribution in [1.29, 1.82) is 0 Å². The number of amides is 1. The highest BCUT2D eigenvalue weighted by molar-refractivity contribution is 7.16. The van der Waals surface area contributed by atoms with Crippen molar-refractivity contribution >= 4 is 22.4 Å². The topological polar surface area (TPSA) is 51.2 Å². The van der Waals surface area contributed by atoms with Gasteiger partial charge in [-0.1, -0.05) is 0 Å². The summed E-state index contributed by atoms with van der Waals surface area (Å²) in [5.41, 5.74) is 1.68. The second-order valence-corrected chi connectivity index (χ2v) is 6.49. The second kappa shape index (κ2) is 7.57. The number of anilines is 1. The fourth-order valence-electron chi connectivity index (χ4n) is 2.28. The molecule has 4 nitrogen and oxygen atoms in total. The molecule has 0 saturated heterocycles. The van der Waals surface area contributed by atoms with Gasteiger partial charge in [0.05, 0.1) is 5.69 Å². The Balaban J connectivity index is 1.73. The van der Waals surface area contributed by atoms with Crippen LogP contribution in [0.2, 0.25) is 0 Å². The third-order valence-electron chi connectivity index (χ3n) is 3.48. The predicted octanol–water partition coefficient (Wildman–Crippen LogP) is 5.11. The largest absolute Gasteiger partial charge is 0.435 e. The van der Waals surface area contributed by atoms with Crippen LogP contribution in [0.1, 0.15) is 15.2 Å². The van der Waals surface area contributed by atoms with Gasteiger partial charge in [0.1, 0.15) is 11.6 Å². The van der Waals surface area contributed by atoms with Crippen molar-refractivity contribution in [2.24, 2.45) is 0 Å². The number of aryl methyl sites for hydroxylation is 1. The van der Waals surface area contributed by atoms with Crippen molar-refractivity contribution < 1.29 is 22.7 Å². The van der Waals surface area contributed by atoms with E-state index in [-0.39, 0.29) is 17.1 Å². The van der Waals surface area contributed by atoms with E-state index in [1.54, 1.807) is 12.1 Å². The van der Waals surface area contributed by atoms with Crippen molar-refractivity contribution in [3.05, 3.63) is 64.8 Å². The number of rotatable bonds is 5. The smallest absolute Gasteiger partial charge is 0.387 e. The molecule has 0 aliphatic rings. The predicted molar refractivity (Wildman–Crippen MR) is 93.3 cm³/mol. The van der Waals surface area contributed by atoms with Gasteiger partial charge in [0.2, 0.25) is 0 Å². The molecule has 8 heteroatoms. The number of alkyl halides is 2. The normalized spacial score (nSPS) is 10.8. The molecule has 1 heterocycles. The van der Waals surface area contributed by atoms with Crippen molar-refractivity contribution in [3.8, 4) is 17.0 Å². The first-order valence-corrected chi connectivity index (χ1v) is 8.33. The van der Waals surface area contributed by atoms with E-state index in [9.17, 15) is 18.0 Å². The number of hydrogen-bond donors (Lipinski definition) is 1. The zero-order valence-electron chi connectivity index (χ0n) is 13.5. The van der Waals surface area contributed by atoms with Crippen LogP contribution in [-0.2, 0) is 0 Å². The highest BCUT2D eigenvalue weighted by atomic mass is 32.1. The zero-order valence-corrected chi connectivity index (χ0v) is 14.3. The number of hydrogen-bond acceptors (Lipinski definition) is 4. The monoisotopic (exact) mass is 378 g/mol. The van der Waals surface area contributed by atoms with Gasteiger partial charge >= 0.3 is 6.61 Å². The Hall–Kier alpha value is -2.87. The molecule has 0 radical (unpaired) electrons. The molecule has 0 aliphatic carbocycles. The van der Waals surface area contributed by atoms with Crippen LogP contribution in [0.5, 0.6) is 5.75 Å². The Kier molecular flexibility index (Phi) is 5.22. The summed E-state index contributed by atoms with van der Waals surface area (Å²) in [7, 11) is 0. The molecule has 134 valence electrons. The van der Waals surface area contributed by atoms with Crippen molar-refractivity contribution in [2.75, 3.05) is 5.32 Å². The van der Waals surface area contributed by atoms with E-state index in [0.717, 1.165) is 10.4 Å². The number of benzene rings is 2. The summed E-state index contributed by atoms with van der Waals surface area (Å²) in [5, 5.41) is 3.05. The van der Waals surface area contributed by atoms with Crippen LogP contribution in [-0.4, -0.2) is 17.5 Å². The summed E-state index contributed by atoms with van der Waals surface area (Å²) in [6, 6.07) is 11.3. The van der Waals surface area contributed by atoms with Gasteiger partial charge in [0, 0.05) is 16.0 Å². The maximum Gasteiger partial charge on any atom is 0.387 e. The fourth-order valence-corrected chi connectivity index (χ4v) is 3.11. The lowest BCUT2D eigenvalue weighted by Crippen LogP contribution is -2.11. The number of aromatic nitrogens is 1. The van der Waals surface area contributed by atoms with Crippen LogP contribution in [0, 0.1) is 12.7 Å². The van der Waals surface area contributed by atoms with Gasteiger partial charge in [-0.2, -0.15) is 8.78 Å².